The molecule has 0 aliphatic carbocycles. The van der Waals surface area contributed by atoms with E-state index in [1.54, 1.807) is 0 Å². The van der Waals surface area contributed by atoms with Gasteiger partial charge < -0.3 is 10.1 Å². The van der Waals surface area contributed by atoms with Crippen LogP contribution in [0.25, 0.3) is 0 Å². The fourth-order valence-corrected chi connectivity index (χ4v) is 1.03. The Morgan fingerprint density at radius 1 is 1.44 bits per heavy atom. The molecule has 1 rings (SSSR count). The molecule has 0 heterocycles. The summed E-state index contributed by atoms with van der Waals surface area (Å²) in [5, 5.41) is 2.51. The molecule has 0 fully saturated rings. The zero-order valence-corrected chi connectivity index (χ0v) is 8.70. The van der Waals surface area contributed by atoms with Crippen LogP contribution < -0.4 is 10.1 Å². The highest BCUT2D eigenvalue weighted by Crippen LogP contribution is 2.10. The van der Waals surface area contributed by atoms with Crippen molar-refractivity contribution in [3.63, 3.8) is 0 Å². The maximum Gasteiger partial charge on any atom is 0.224 e. The minimum absolute atomic E-state index is 0.167. The van der Waals surface area contributed by atoms with Gasteiger partial charge in [-0.3, -0.25) is 4.79 Å². The van der Waals surface area contributed by atoms with Crippen molar-refractivity contribution in [3.8, 4) is 18.1 Å². The van der Waals surface area contributed by atoms with E-state index >= 15 is 0 Å². The second kappa shape index (κ2) is 6.46. The number of halogens is 1. The summed E-state index contributed by atoms with van der Waals surface area (Å²) in [5.74, 6) is 2.35. The Morgan fingerprint density at radius 2 is 2.12 bits per heavy atom. The van der Waals surface area contributed by atoms with Crippen molar-refractivity contribution in [2.45, 2.75) is 6.42 Å². The number of rotatable bonds is 5. The number of hydrogen-bond acceptors (Lipinski definition) is 2. The predicted molar refractivity (Wildman–Crippen MR) is 58.4 cm³/mol. The Kier molecular flexibility index (Phi) is 4.87. The van der Waals surface area contributed by atoms with Crippen LogP contribution in [-0.2, 0) is 4.79 Å². The minimum atomic E-state index is -0.320. The lowest BCUT2D eigenvalue weighted by atomic mass is 10.3. The van der Waals surface area contributed by atoms with E-state index < -0.39 is 0 Å². The van der Waals surface area contributed by atoms with Crippen molar-refractivity contribution in [2.75, 3.05) is 13.2 Å². The summed E-state index contributed by atoms with van der Waals surface area (Å²) in [7, 11) is 0. The smallest absolute Gasteiger partial charge is 0.224 e. The maximum absolute atomic E-state index is 12.5. The molecule has 0 spiro atoms. The van der Waals surface area contributed by atoms with Crippen LogP contribution in [0, 0.1) is 18.2 Å². The number of ether oxygens (including phenoxy) is 1. The van der Waals surface area contributed by atoms with Crippen molar-refractivity contribution in [3.05, 3.63) is 30.1 Å². The molecule has 3 nitrogen and oxygen atoms in total. The summed E-state index contributed by atoms with van der Waals surface area (Å²) < 4.78 is 17.8. The number of nitrogens with one attached hydrogen (secondary N) is 1. The number of amides is 1. The van der Waals surface area contributed by atoms with Crippen LogP contribution in [-0.4, -0.2) is 19.1 Å². The molecule has 4 heteroatoms. The Bertz CT molecular complexity index is 381. The first kappa shape index (κ1) is 12.1. The van der Waals surface area contributed by atoms with Gasteiger partial charge in [-0.1, -0.05) is 5.92 Å². The Morgan fingerprint density at radius 3 is 2.75 bits per heavy atom. The van der Waals surface area contributed by atoms with Gasteiger partial charge in [-0.25, -0.2) is 4.39 Å². The van der Waals surface area contributed by atoms with Gasteiger partial charge in [-0.15, -0.1) is 6.42 Å². The van der Waals surface area contributed by atoms with E-state index in [9.17, 15) is 9.18 Å². The fourth-order valence-electron chi connectivity index (χ4n) is 1.03. The molecule has 0 aromatic heterocycles. The van der Waals surface area contributed by atoms with Gasteiger partial charge in [-0.2, -0.15) is 0 Å². The van der Waals surface area contributed by atoms with E-state index in [0.717, 1.165) is 0 Å². The number of carbonyl (C=O) groups is 1. The SMILES string of the molecule is C#CCNC(=O)CCOc1ccc(F)cc1. The second-order valence-electron chi connectivity index (χ2n) is 3.03. The van der Waals surface area contributed by atoms with E-state index in [0.29, 0.717) is 5.75 Å². The molecule has 0 radical (unpaired) electrons. The minimum Gasteiger partial charge on any atom is -0.493 e. The third-order valence-corrected chi connectivity index (χ3v) is 1.80. The molecule has 0 aliphatic heterocycles. The molecule has 1 N–H and O–H groups in total. The van der Waals surface area contributed by atoms with Gasteiger partial charge in [0.1, 0.15) is 11.6 Å². The fraction of sp³-hybridized carbons (Fsp3) is 0.250. The molecule has 1 amide bonds. The molecule has 0 saturated carbocycles. The van der Waals surface area contributed by atoms with Crippen LogP contribution in [0.1, 0.15) is 6.42 Å². The van der Waals surface area contributed by atoms with Crippen molar-refractivity contribution in [2.24, 2.45) is 0 Å². The van der Waals surface area contributed by atoms with E-state index in [2.05, 4.69) is 11.2 Å². The summed E-state index contributed by atoms with van der Waals surface area (Å²) in [4.78, 5) is 11.1. The topological polar surface area (TPSA) is 38.3 Å². The third-order valence-electron chi connectivity index (χ3n) is 1.80. The summed E-state index contributed by atoms with van der Waals surface area (Å²) in [6.07, 6.45) is 5.20. The van der Waals surface area contributed by atoms with Crippen molar-refractivity contribution < 1.29 is 13.9 Å². The molecule has 0 saturated heterocycles. The van der Waals surface area contributed by atoms with E-state index in [4.69, 9.17) is 11.2 Å². The van der Waals surface area contributed by atoms with Crippen LogP contribution in [0.2, 0.25) is 0 Å². The summed E-state index contributed by atoms with van der Waals surface area (Å²) in [6, 6.07) is 5.62. The molecular weight excluding hydrogens is 209 g/mol. The van der Waals surface area contributed by atoms with Crippen molar-refractivity contribution in [1.82, 2.24) is 5.32 Å². The lowest BCUT2D eigenvalue weighted by molar-refractivity contribution is -0.121. The lowest BCUT2D eigenvalue weighted by Crippen LogP contribution is -2.25. The molecular formula is C12H12FNO2. The first-order valence-electron chi connectivity index (χ1n) is 4.81. The standard InChI is InChI=1S/C12H12FNO2/c1-2-8-14-12(15)7-9-16-11-5-3-10(13)4-6-11/h1,3-6H,7-9H2,(H,14,15). The first-order valence-corrected chi connectivity index (χ1v) is 4.81. The molecule has 16 heavy (non-hydrogen) atoms. The highest BCUT2D eigenvalue weighted by Gasteiger charge is 2.00. The van der Waals surface area contributed by atoms with Crippen LogP contribution >= 0.6 is 0 Å². The first-order chi connectivity index (χ1) is 7.72. The molecule has 0 atom stereocenters. The van der Waals surface area contributed by atoms with Crippen LogP contribution in [0.4, 0.5) is 4.39 Å². The van der Waals surface area contributed by atoms with Gasteiger partial charge in [0.2, 0.25) is 5.91 Å². The molecule has 1 aromatic rings. The van der Waals surface area contributed by atoms with Crippen LogP contribution in [0.15, 0.2) is 24.3 Å². The van der Waals surface area contributed by atoms with Gasteiger partial charge in [0.15, 0.2) is 0 Å². The van der Waals surface area contributed by atoms with Crippen molar-refractivity contribution >= 4 is 5.91 Å². The average Bonchev–Trinajstić information content (AvgIpc) is 2.29. The average molecular weight is 221 g/mol. The van der Waals surface area contributed by atoms with Gasteiger partial charge in [0, 0.05) is 0 Å². The zero-order chi connectivity index (χ0) is 11.8. The molecule has 84 valence electrons. The van der Waals surface area contributed by atoms with E-state index in [1.807, 2.05) is 0 Å². The Labute approximate surface area is 93.6 Å². The molecule has 1 aromatic carbocycles. The lowest BCUT2D eigenvalue weighted by Gasteiger charge is -2.05. The van der Waals surface area contributed by atoms with Gasteiger partial charge in [0.25, 0.3) is 0 Å². The van der Waals surface area contributed by atoms with E-state index in [1.165, 1.54) is 24.3 Å². The maximum atomic E-state index is 12.5. The monoisotopic (exact) mass is 221 g/mol. The summed E-state index contributed by atoms with van der Waals surface area (Å²) in [6.45, 7) is 0.456. The van der Waals surface area contributed by atoms with Crippen molar-refractivity contribution in [1.29, 1.82) is 0 Å². The van der Waals surface area contributed by atoms with Gasteiger partial charge in [0.05, 0.1) is 19.6 Å². The largest absolute Gasteiger partial charge is 0.493 e. The van der Waals surface area contributed by atoms with Gasteiger partial charge in [-0.05, 0) is 24.3 Å². The molecule has 0 bridgehead atoms. The Balaban J connectivity index is 2.23. The normalized spacial score (nSPS) is 9.25. The van der Waals surface area contributed by atoms with Crippen LogP contribution in [0.5, 0.6) is 5.75 Å². The third kappa shape index (κ3) is 4.47. The number of benzene rings is 1. The number of carbonyl (C=O) groups excluding carboxylic acids is 1. The van der Waals surface area contributed by atoms with Crippen LogP contribution in [0.3, 0.4) is 0 Å². The number of hydrogen-bond donors (Lipinski definition) is 1. The summed E-state index contributed by atoms with van der Waals surface area (Å²) >= 11 is 0. The van der Waals surface area contributed by atoms with Gasteiger partial charge >= 0.3 is 0 Å². The molecule has 0 aliphatic rings. The quantitative estimate of drug-likeness (QED) is 0.762. The summed E-state index contributed by atoms with van der Waals surface area (Å²) in [5.41, 5.74) is 0. The number of terminal acetylenes is 1. The highest BCUT2D eigenvalue weighted by atomic mass is 19.1. The highest BCUT2D eigenvalue weighted by molar-refractivity contribution is 5.76. The second-order valence-corrected chi connectivity index (χ2v) is 3.03. The molecule has 0 unspecified atom stereocenters. The zero-order valence-electron chi connectivity index (χ0n) is 8.70. The Hall–Kier alpha value is -2.02. The van der Waals surface area contributed by atoms with E-state index in [-0.39, 0.29) is 31.3 Å². The predicted octanol–water partition coefficient (Wildman–Crippen LogP) is 1.34.